The second-order valence-electron chi connectivity index (χ2n) is 4.60. The number of carbonyl (C=O) groups is 1. The molecule has 0 unspecified atom stereocenters. The van der Waals surface area contributed by atoms with E-state index in [9.17, 15) is 4.79 Å². The number of hydrogen-bond acceptors (Lipinski definition) is 5. The lowest BCUT2D eigenvalue weighted by molar-refractivity contribution is -0.129. The van der Waals surface area contributed by atoms with Gasteiger partial charge < -0.3 is 5.73 Å². The molecule has 6 nitrogen and oxygen atoms in total. The molecule has 0 saturated heterocycles. The van der Waals surface area contributed by atoms with Crippen molar-refractivity contribution in [1.29, 1.82) is 0 Å². The van der Waals surface area contributed by atoms with Gasteiger partial charge in [-0.1, -0.05) is 6.42 Å². The molecule has 3 N–H and O–H groups in total. The van der Waals surface area contributed by atoms with Crippen molar-refractivity contribution in [2.45, 2.75) is 33.1 Å². The normalized spacial score (nSPS) is 17.4. The Bertz CT molecular complexity index is 436. The van der Waals surface area contributed by atoms with E-state index in [2.05, 4.69) is 20.5 Å². The molecule has 1 saturated carbocycles. The van der Waals surface area contributed by atoms with Crippen molar-refractivity contribution in [1.82, 2.24) is 15.2 Å². The van der Waals surface area contributed by atoms with Gasteiger partial charge in [-0.25, -0.2) is 4.98 Å². The maximum Gasteiger partial charge on any atom is 0.249 e. The van der Waals surface area contributed by atoms with Crippen LogP contribution in [0.25, 0.3) is 0 Å². The lowest BCUT2D eigenvalue weighted by Crippen LogP contribution is -2.47. The van der Waals surface area contributed by atoms with Gasteiger partial charge in [-0.15, -0.1) is 5.10 Å². The number of rotatable bonds is 3. The first kappa shape index (κ1) is 11.9. The molecular formula is C11H17N5O. The smallest absolute Gasteiger partial charge is 0.249 e. The first-order valence-electron chi connectivity index (χ1n) is 5.77. The first-order chi connectivity index (χ1) is 8.07. The molecule has 0 radical (unpaired) electrons. The van der Waals surface area contributed by atoms with Gasteiger partial charge in [-0.3, -0.25) is 10.1 Å². The zero-order chi connectivity index (χ0) is 12.5. The quantitative estimate of drug-likeness (QED) is 0.798. The highest BCUT2D eigenvalue weighted by atomic mass is 16.2. The van der Waals surface area contributed by atoms with Gasteiger partial charge in [0.15, 0.2) is 0 Å². The predicted octanol–water partition coefficient (Wildman–Crippen LogP) is 0.556. The molecular weight excluding hydrogens is 218 g/mol. The second-order valence-corrected chi connectivity index (χ2v) is 4.60. The van der Waals surface area contributed by atoms with E-state index in [0.717, 1.165) is 30.7 Å². The van der Waals surface area contributed by atoms with Gasteiger partial charge in [0.2, 0.25) is 11.9 Å². The molecule has 1 aromatic heterocycles. The van der Waals surface area contributed by atoms with Crippen molar-refractivity contribution < 1.29 is 4.79 Å². The molecule has 1 aliphatic carbocycles. The fourth-order valence-electron chi connectivity index (χ4n) is 1.87. The summed E-state index contributed by atoms with van der Waals surface area (Å²) in [5, 5.41) is 10.5. The summed E-state index contributed by atoms with van der Waals surface area (Å²) < 4.78 is 0. The van der Waals surface area contributed by atoms with Crippen LogP contribution in [0.4, 0.5) is 5.95 Å². The summed E-state index contributed by atoms with van der Waals surface area (Å²) in [7, 11) is 0. The monoisotopic (exact) mass is 235 g/mol. The Labute approximate surface area is 100 Å². The molecule has 1 fully saturated rings. The second kappa shape index (κ2) is 4.37. The third kappa shape index (κ3) is 2.12. The molecule has 0 spiro atoms. The number of nitrogens with two attached hydrogens (primary N) is 1. The summed E-state index contributed by atoms with van der Waals surface area (Å²) in [4.78, 5) is 16.2. The molecule has 0 aromatic carbocycles. The molecule has 1 amide bonds. The minimum absolute atomic E-state index is 0.0868. The Balaban J connectivity index is 2.10. The summed E-state index contributed by atoms with van der Waals surface area (Å²) >= 11 is 0. The molecule has 17 heavy (non-hydrogen) atoms. The standard InChI is InChI=1S/C11H17N5O/c1-7-8(2)15-16-10(13-7)14-9(17)11(6-12)4-3-5-11/h3-6,12H2,1-2H3,(H,13,14,16,17). The van der Waals surface area contributed by atoms with Gasteiger partial charge in [0.05, 0.1) is 16.8 Å². The summed E-state index contributed by atoms with van der Waals surface area (Å²) in [6, 6.07) is 0. The zero-order valence-corrected chi connectivity index (χ0v) is 10.2. The summed E-state index contributed by atoms with van der Waals surface area (Å²) in [5.74, 6) is 0.175. The van der Waals surface area contributed by atoms with Crippen LogP contribution in [0, 0.1) is 19.3 Å². The lowest BCUT2D eigenvalue weighted by Gasteiger charge is -2.38. The van der Waals surface area contributed by atoms with Crippen molar-refractivity contribution in [3.63, 3.8) is 0 Å². The molecule has 0 aliphatic heterocycles. The van der Waals surface area contributed by atoms with E-state index >= 15 is 0 Å². The van der Waals surface area contributed by atoms with Crippen molar-refractivity contribution in [3.8, 4) is 0 Å². The molecule has 1 heterocycles. The predicted molar refractivity (Wildman–Crippen MR) is 63.3 cm³/mol. The number of nitrogens with one attached hydrogen (secondary N) is 1. The summed E-state index contributed by atoms with van der Waals surface area (Å²) in [5.41, 5.74) is 6.78. The minimum Gasteiger partial charge on any atom is -0.329 e. The number of nitrogens with zero attached hydrogens (tertiary/aromatic N) is 3. The third-order valence-electron chi connectivity index (χ3n) is 3.50. The average molecular weight is 235 g/mol. The van der Waals surface area contributed by atoms with Crippen LogP contribution in [-0.4, -0.2) is 27.6 Å². The third-order valence-corrected chi connectivity index (χ3v) is 3.50. The average Bonchev–Trinajstić information content (AvgIpc) is 2.23. The van der Waals surface area contributed by atoms with Gasteiger partial charge in [0, 0.05) is 6.54 Å². The van der Waals surface area contributed by atoms with Crippen molar-refractivity contribution in [2.75, 3.05) is 11.9 Å². The summed E-state index contributed by atoms with van der Waals surface area (Å²) in [6.07, 6.45) is 2.73. The Hall–Kier alpha value is -1.56. The SMILES string of the molecule is Cc1nnc(NC(=O)C2(CN)CCC2)nc1C. The molecule has 2 rings (SSSR count). The molecule has 0 bridgehead atoms. The topological polar surface area (TPSA) is 93.8 Å². The Morgan fingerprint density at radius 3 is 2.53 bits per heavy atom. The van der Waals surface area contributed by atoms with Crippen LogP contribution in [-0.2, 0) is 4.79 Å². The van der Waals surface area contributed by atoms with Crippen molar-refractivity contribution >= 4 is 11.9 Å². The number of aromatic nitrogens is 3. The van der Waals surface area contributed by atoms with E-state index < -0.39 is 5.41 Å². The van der Waals surface area contributed by atoms with Gasteiger partial charge in [0.25, 0.3) is 0 Å². The molecule has 1 aromatic rings. The van der Waals surface area contributed by atoms with Crippen LogP contribution < -0.4 is 11.1 Å². The van der Waals surface area contributed by atoms with E-state index in [1.54, 1.807) is 0 Å². The highest BCUT2D eigenvalue weighted by molar-refractivity contribution is 5.94. The first-order valence-corrected chi connectivity index (χ1v) is 5.77. The van der Waals surface area contributed by atoms with E-state index in [1.165, 1.54) is 0 Å². The highest BCUT2D eigenvalue weighted by Gasteiger charge is 2.43. The van der Waals surface area contributed by atoms with Crippen LogP contribution in [0.5, 0.6) is 0 Å². The molecule has 92 valence electrons. The van der Waals surface area contributed by atoms with E-state index in [0.29, 0.717) is 6.54 Å². The van der Waals surface area contributed by atoms with Crippen LogP contribution in [0.1, 0.15) is 30.7 Å². The number of hydrogen-bond donors (Lipinski definition) is 2. The lowest BCUT2D eigenvalue weighted by atomic mass is 9.68. The van der Waals surface area contributed by atoms with E-state index in [4.69, 9.17) is 5.73 Å². The minimum atomic E-state index is -0.415. The maximum atomic E-state index is 12.0. The number of amides is 1. The Morgan fingerprint density at radius 2 is 2.06 bits per heavy atom. The number of anilines is 1. The van der Waals surface area contributed by atoms with Crippen LogP contribution in [0.3, 0.4) is 0 Å². The fourth-order valence-corrected chi connectivity index (χ4v) is 1.87. The molecule has 0 atom stereocenters. The zero-order valence-electron chi connectivity index (χ0n) is 10.2. The fraction of sp³-hybridized carbons (Fsp3) is 0.636. The largest absolute Gasteiger partial charge is 0.329 e. The van der Waals surface area contributed by atoms with Crippen LogP contribution in [0.2, 0.25) is 0 Å². The molecule has 6 heteroatoms. The summed E-state index contributed by atoms with van der Waals surface area (Å²) in [6.45, 7) is 4.03. The van der Waals surface area contributed by atoms with Crippen LogP contribution >= 0.6 is 0 Å². The maximum absolute atomic E-state index is 12.0. The van der Waals surface area contributed by atoms with Crippen molar-refractivity contribution in [3.05, 3.63) is 11.4 Å². The van der Waals surface area contributed by atoms with Gasteiger partial charge >= 0.3 is 0 Å². The number of carbonyl (C=O) groups excluding carboxylic acids is 1. The molecule has 1 aliphatic rings. The van der Waals surface area contributed by atoms with Gasteiger partial charge in [0.1, 0.15) is 0 Å². The van der Waals surface area contributed by atoms with Crippen molar-refractivity contribution in [2.24, 2.45) is 11.1 Å². The Kier molecular flexibility index (Phi) is 3.06. The number of aryl methyl sites for hydroxylation is 2. The van der Waals surface area contributed by atoms with E-state index in [1.807, 2.05) is 13.8 Å². The van der Waals surface area contributed by atoms with Gasteiger partial charge in [-0.05, 0) is 26.7 Å². The highest BCUT2D eigenvalue weighted by Crippen LogP contribution is 2.40. The van der Waals surface area contributed by atoms with Crippen LogP contribution in [0.15, 0.2) is 0 Å². The Morgan fingerprint density at radius 1 is 1.35 bits per heavy atom. The van der Waals surface area contributed by atoms with Gasteiger partial charge in [-0.2, -0.15) is 5.10 Å². The van der Waals surface area contributed by atoms with E-state index in [-0.39, 0.29) is 11.9 Å².